The van der Waals surface area contributed by atoms with Crippen molar-refractivity contribution in [2.45, 2.75) is 45.2 Å². The van der Waals surface area contributed by atoms with Crippen LogP contribution in [0.5, 0.6) is 0 Å². The smallest absolute Gasteiger partial charge is 0.226 e. The highest BCUT2D eigenvalue weighted by molar-refractivity contribution is 7.93. The van der Waals surface area contributed by atoms with Crippen LogP contribution < -0.4 is 21.3 Å². The van der Waals surface area contributed by atoms with E-state index in [1.165, 1.54) is 0 Å². The summed E-state index contributed by atoms with van der Waals surface area (Å²) in [7, 11) is -8.17. The van der Waals surface area contributed by atoms with Crippen molar-refractivity contribution in [3.63, 3.8) is 0 Å². The van der Waals surface area contributed by atoms with Gasteiger partial charge in [0.2, 0.25) is 20.0 Å². The molecule has 144 valence electrons. The normalized spacial score (nSPS) is 15.5. The summed E-state index contributed by atoms with van der Waals surface area (Å²) in [4.78, 5) is 0. The maximum atomic E-state index is 12.9. The van der Waals surface area contributed by atoms with E-state index in [1.54, 1.807) is 46.8 Å². The standard InChI is InChI=1S/C15H28N4O4S2/c1-8(2)14(11-6-12(16)10(5)13(17)7-11)25(22,23)19-15(9(3)4)24(18,20)21/h6-9,14-15,19H,16-17H2,1-5H3,(H2,18,20,21). The van der Waals surface area contributed by atoms with Gasteiger partial charge in [-0.15, -0.1) is 0 Å². The summed E-state index contributed by atoms with van der Waals surface area (Å²) in [5.41, 5.74) is 13.6. The number of primary sulfonamides is 1. The Bertz CT molecular complexity index is 810. The molecule has 2 unspecified atom stereocenters. The highest BCUT2D eigenvalue weighted by atomic mass is 32.2. The number of nitrogens with one attached hydrogen (secondary N) is 1. The number of anilines is 2. The SMILES string of the molecule is Cc1c(N)cc(C(C(C)C)S(=O)(=O)NC(C(C)C)S(N)(=O)=O)cc1N. The summed E-state index contributed by atoms with van der Waals surface area (Å²) in [5.74, 6) is -0.891. The van der Waals surface area contributed by atoms with Gasteiger partial charge in [0.05, 0.1) is 0 Å². The van der Waals surface area contributed by atoms with E-state index in [1.807, 2.05) is 0 Å². The van der Waals surface area contributed by atoms with Crippen LogP contribution in [0.2, 0.25) is 0 Å². The monoisotopic (exact) mass is 392 g/mol. The second kappa shape index (κ2) is 7.48. The van der Waals surface area contributed by atoms with Gasteiger partial charge in [0.25, 0.3) is 0 Å². The molecule has 0 aliphatic rings. The molecule has 25 heavy (non-hydrogen) atoms. The Labute approximate surface area is 150 Å². The van der Waals surface area contributed by atoms with Crippen LogP contribution in [0.3, 0.4) is 0 Å². The van der Waals surface area contributed by atoms with E-state index in [9.17, 15) is 16.8 Å². The molecule has 7 N–H and O–H groups in total. The molecule has 1 rings (SSSR count). The first-order valence-corrected chi connectivity index (χ1v) is 11.0. The average Bonchev–Trinajstić information content (AvgIpc) is 2.40. The second-order valence-corrected chi connectivity index (χ2v) is 10.4. The molecule has 0 aliphatic heterocycles. The van der Waals surface area contributed by atoms with Crippen LogP contribution in [-0.4, -0.2) is 22.2 Å². The molecule has 2 atom stereocenters. The fourth-order valence-corrected chi connectivity index (χ4v) is 6.34. The van der Waals surface area contributed by atoms with Gasteiger partial charge in [-0.3, -0.25) is 0 Å². The second-order valence-electron chi connectivity index (χ2n) is 6.91. The van der Waals surface area contributed by atoms with Gasteiger partial charge in [-0.1, -0.05) is 27.7 Å². The van der Waals surface area contributed by atoms with Gasteiger partial charge in [-0.25, -0.2) is 22.0 Å². The zero-order chi connectivity index (χ0) is 19.7. The molecule has 0 heterocycles. The van der Waals surface area contributed by atoms with E-state index in [-0.39, 0.29) is 5.92 Å². The Balaban J connectivity index is 3.44. The number of rotatable bonds is 7. The predicted molar refractivity (Wildman–Crippen MR) is 101 cm³/mol. The zero-order valence-corrected chi connectivity index (χ0v) is 16.8. The van der Waals surface area contributed by atoms with Crippen LogP contribution in [0.25, 0.3) is 0 Å². The number of hydrogen-bond donors (Lipinski definition) is 4. The Kier molecular flexibility index (Phi) is 6.49. The van der Waals surface area contributed by atoms with Crippen LogP contribution in [0.4, 0.5) is 11.4 Å². The highest BCUT2D eigenvalue weighted by Gasteiger charge is 2.37. The maximum absolute atomic E-state index is 12.9. The van der Waals surface area contributed by atoms with Crippen LogP contribution in [0.1, 0.15) is 44.1 Å². The summed E-state index contributed by atoms with van der Waals surface area (Å²) in [6.45, 7) is 8.32. The van der Waals surface area contributed by atoms with Gasteiger partial charge < -0.3 is 11.5 Å². The number of nitrogen functional groups attached to an aromatic ring is 2. The third-order valence-corrected chi connectivity index (χ3v) is 7.61. The molecule has 0 saturated heterocycles. The molecule has 0 radical (unpaired) electrons. The molecule has 0 fully saturated rings. The van der Waals surface area contributed by atoms with Gasteiger partial charge in [-0.05, 0) is 42.0 Å². The van der Waals surface area contributed by atoms with Crippen LogP contribution in [0.15, 0.2) is 12.1 Å². The lowest BCUT2D eigenvalue weighted by atomic mass is 9.99. The van der Waals surface area contributed by atoms with Crippen molar-refractivity contribution in [3.05, 3.63) is 23.3 Å². The highest BCUT2D eigenvalue weighted by Crippen LogP contribution is 2.34. The first-order chi connectivity index (χ1) is 11.2. The van der Waals surface area contributed by atoms with Gasteiger partial charge in [-0.2, -0.15) is 4.72 Å². The molecule has 1 aromatic rings. The Hall–Kier alpha value is -1.36. The first kappa shape index (κ1) is 21.7. The molecule has 0 spiro atoms. The van der Waals surface area contributed by atoms with Crippen molar-refractivity contribution in [3.8, 4) is 0 Å². The summed E-state index contributed by atoms with van der Waals surface area (Å²) >= 11 is 0. The summed E-state index contributed by atoms with van der Waals surface area (Å²) in [5, 5.41) is 2.73. The minimum atomic E-state index is -4.10. The molecule has 0 aliphatic carbocycles. The van der Waals surface area contributed by atoms with E-state index in [4.69, 9.17) is 16.6 Å². The molecule has 0 amide bonds. The summed E-state index contributed by atoms with van der Waals surface area (Å²) in [6, 6.07) is 3.10. The quantitative estimate of drug-likeness (QED) is 0.508. The van der Waals surface area contributed by atoms with Crippen molar-refractivity contribution < 1.29 is 16.8 Å². The Morgan fingerprint density at radius 3 is 1.68 bits per heavy atom. The minimum absolute atomic E-state index is 0.354. The van der Waals surface area contributed by atoms with Crippen molar-refractivity contribution in [1.29, 1.82) is 0 Å². The van der Waals surface area contributed by atoms with Crippen molar-refractivity contribution in [2.24, 2.45) is 17.0 Å². The summed E-state index contributed by atoms with van der Waals surface area (Å²) < 4.78 is 51.6. The third-order valence-electron chi connectivity index (χ3n) is 4.02. The van der Waals surface area contributed by atoms with Gasteiger partial charge in [0.1, 0.15) is 10.6 Å². The molecule has 10 heteroatoms. The lowest BCUT2D eigenvalue weighted by Gasteiger charge is -2.27. The number of benzene rings is 1. The summed E-state index contributed by atoms with van der Waals surface area (Å²) in [6.07, 6.45) is 0. The average molecular weight is 393 g/mol. The predicted octanol–water partition coefficient (Wildman–Crippen LogP) is 1.05. The van der Waals surface area contributed by atoms with Crippen molar-refractivity contribution >= 4 is 31.4 Å². The van der Waals surface area contributed by atoms with Crippen molar-refractivity contribution in [2.75, 3.05) is 11.5 Å². The van der Waals surface area contributed by atoms with E-state index in [2.05, 4.69) is 4.72 Å². The number of nitrogens with two attached hydrogens (primary N) is 3. The van der Waals surface area contributed by atoms with Crippen molar-refractivity contribution in [1.82, 2.24) is 4.72 Å². The fraction of sp³-hybridized carbons (Fsp3) is 0.600. The molecular weight excluding hydrogens is 364 g/mol. The number of sulfonamides is 2. The molecule has 0 bridgehead atoms. The maximum Gasteiger partial charge on any atom is 0.226 e. The lowest BCUT2D eigenvalue weighted by Crippen LogP contribution is -2.49. The topological polar surface area (TPSA) is 158 Å². The minimum Gasteiger partial charge on any atom is -0.398 e. The van der Waals surface area contributed by atoms with E-state index >= 15 is 0 Å². The van der Waals surface area contributed by atoms with E-state index in [0.29, 0.717) is 22.5 Å². The number of hydrogen-bond acceptors (Lipinski definition) is 6. The Morgan fingerprint density at radius 2 is 1.36 bits per heavy atom. The third kappa shape index (κ3) is 5.06. The lowest BCUT2D eigenvalue weighted by molar-refractivity contribution is 0.486. The van der Waals surface area contributed by atoms with Crippen LogP contribution in [-0.2, 0) is 20.0 Å². The first-order valence-electron chi connectivity index (χ1n) is 7.86. The van der Waals surface area contributed by atoms with E-state index in [0.717, 1.165) is 0 Å². The van der Waals surface area contributed by atoms with Crippen LogP contribution in [0, 0.1) is 18.8 Å². The fourth-order valence-electron chi connectivity index (χ4n) is 2.69. The molecular formula is C15H28N4O4S2. The molecule has 0 aromatic heterocycles. The molecule has 1 aromatic carbocycles. The molecule has 8 nitrogen and oxygen atoms in total. The van der Waals surface area contributed by atoms with Gasteiger partial charge in [0, 0.05) is 11.4 Å². The largest absolute Gasteiger partial charge is 0.398 e. The van der Waals surface area contributed by atoms with E-state index < -0.39 is 36.6 Å². The zero-order valence-electron chi connectivity index (χ0n) is 15.1. The Morgan fingerprint density at radius 1 is 0.920 bits per heavy atom. The molecule has 0 saturated carbocycles. The van der Waals surface area contributed by atoms with Gasteiger partial charge in [0.15, 0.2) is 0 Å². The van der Waals surface area contributed by atoms with Gasteiger partial charge >= 0.3 is 0 Å². The van der Waals surface area contributed by atoms with Crippen LogP contribution >= 0.6 is 0 Å².